The molecule has 2 atom stereocenters. The Morgan fingerprint density at radius 1 is 0.933 bits per heavy atom. The first-order chi connectivity index (χ1) is 7.42. The van der Waals surface area contributed by atoms with Crippen molar-refractivity contribution >= 4 is 0 Å². The Bertz CT molecular complexity index is 173. The highest BCUT2D eigenvalue weighted by Gasteiger charge is 2.31. The normalized spacial score (nSPS) is 34.2. The smallest absolute Gasteiger partial charge is 0.0124 e. The first-order valence-electron chi connectivity index (χ1n) is 6.86. The van der Waals surface area contributed by atoms with Crippen molar-refractivity contribution in [3.05, 3.63) is 0 Å². The Morgan fingerprint density at radius 2 is 1.67 bits per heavy atom. The molecular formula is C13H26N2. The molecule has 1 aliphatic carbocycles. The molecule has 0 radical (unpaired) electrons. The van der Waals surface area contributed by atoms with E-state index in [1.54, 1.807) is 0 Å². The zero-order valence-corrected chi connectivity index (χ0v) is 9.96. The van der Waals surface area contributed by atoms with Gasteiger partial charge in [0.2, 0.25) is 0 Å². The molecule has 0 bridgehead atoms. The largest absolute Gasteiger partial charge is 0.330 e. The molecule has 2 fully saturated rings. The van der Waals surface area contributed by atoms with Gasteiger partial charge in [-0.1, -0.05) is 19.3 Å². The van der Waals surface area contributed by atoms with E-state index in [1.165, 1.54) is 64.5 Å². The molecule has 0 aromatic heterocycles. The van der Waals surface area contributed by atoms with Gasteiger partial charge in [-0.25, -0.2) is 0 Å². The monoisotopic (exact) mass is 210 g/mol. The van der Waals surface area contributed by atoms with Crippen molar-refractivity contribution in [2.45, 2.75) is 57.4 Å². The van der Waals surface area contributed by atoms with Crippen molar-refractivity contribution < 1.29 is 0 Å². The molecule has 1 saturated heterocycles. The Labute approximate surface area is 94.2 Å². The molecule has 2 unspecified atom stereocenters. The van der Waals surface area contributed by atoms with Crippen LogP contribution in [0, 0.1) is 5.92 Å². The second kappa shape index (κ2) is 5.86. The van der Waals surface area contributed by atoms with Crippen molar-refractivity contribution in [2.24, 2.45) is 11.7 Å². The van der Waals surface area contributed by atoms with E-state index in [1.807, 2.05) is 0 Å². The van der Waals surface area contributed by atoms with Gasteiger partial charge in [-0.3, -0.25) is 0 Å². The average molecular weight is 210 g/mol. The summed E-state index contributed by atoms with van der Waals surface area (Å²) in [7, 11) is 0. The van der Waals surface area contributed by atoms with Crippen LogP contribution in [0.25, 0.3) is 0 Å². The predicted molar refractivity (Wildman–Crippen MR) is 64.8 cm³/mol. The SMILES string of the molecule is NCCC1CCCC1N1CCCCCC1. The fourth-order valence-corrected chi connectivity index (χ4v) is 3.48. The Hall–Kier alpha value is -0.0800. The van der Waals surface area contributed by atoms with Crippen molar-refractivity contribution in [1.82, 2.24) is 4.90 Å². The summed E-state index contributed by atoms with van der Waals surface area (Å²) in [4.78, 5) is 2.78. The molecule has 2 rings (SSSR count). The van der Waals surface area contributed by atoms with Crippen LogP contribution < -0.4 is 5.73 Å². The molecule has 2 N–H and O–H groups in total. The van der Waals surface area contributed by atoms with Crippen LogP contribution in [0.5, 0.6) is 0 Å². The highest BCUT2D eigenvalue weighted by molar-refractivity contribution is 4.86. The summed E-state index contributed by atoms with van der Waals surface area (Å²) in [5.41, 5.74) is 5.71. The molecular weight excluding hydrogens is 184 g/mol. The minimum absolute atomic E-state index is 0.881. The summed E-state index contributed by atoms with van der Waals surface area (Å²) in [6.45, 7) is 3.59. The standard InChI is InChI=1S/C13H26N2/c14-9-8-12-6-5-7-13(12)15-10-3-1-2-4-11-15/h12-13H,1-11,14H2. The third-order valence-corrected chi connectivity index (χ3v) is 4.27. The van der Waals surface area contributed by atoms with Crippen molar-refractivity contribution in [2.75, 3.05) is 19.6 Å². The molecule has 2 aliphatic rings. The van der Waals surface area contributed by atoms with Crippen LogP contribution in [0.4, 0.5) is 0 Å². The predicted octanol–water partition coefficient (Wildman–Crippen LogP) is 2.38. The molecule has 0 spiro atoms. The second-order valence-corrected chi connectivity index (χ2v) is 5.29. The van der Waals surface area contributed by atoms with Crippen LogP contribution in [0.1, 0.15) is 51.4 Å². The molecule has 88 valence electrons. The number of nitrogens with zero attached hydrogens (tertiary/aromatic N) is 1. The van der Waals surface area contributed by atoms with Crippen LogP contribution in [0.3, 0.4) is 0 Å². The van der Waals surface area contributed by atoms with Crippen LogP contribution in [0.2, 0.25) is 0 Å². The lowest BCUT2D eigenvalue weighted by molar-refractivity contribution is 0.161. The number of nitrogens with two attached hydrogens (primary N) is 1. The summed E-state index contributed by atoms with van der Waals surface area (Å²) in [5, 5.41) is 0. The van der Waals surface area contributed by atoms with Crippen LogP contribution in [-0.4, -0.2) is 30.6 Å². The minimum atomic E-state index is 0.881. The summed E-state index contributed by atoms with van der Waals surface area (Å²) < 4.78 is 0. The highest BCUT2D eigenvalue weighted by Crippen LogP contribution is 2.33. The van der Waals surface area contributed by atoms with Gasteiger partial charge in [0.05, 0.1) is 0 Å². The zero-order chi connectivity index (χ0) is 10.5. The van der Waals surface area contributed by atoms with Gasteiger partial charge >= 0.3 is 0 Å². The van der Waals surface area contributed by atoms with Crippen molar-refractivity contribution in [3.63, 3.8) is 0 Å². The Morgan fingerprint density at radius 3 is 2.33 bits per heavy atom. The number of hydrogen-bond acceptors (Lipinski definition) is 2. The van der Waals surface area contributed by atoms with Crippen molar-refractivity contribution in [3.8, 4) is 0 Å². The molecule has 15 heavy (non-hydrogen) atoms. The quantitative estimate of drug-likeness (QED) is 0.775. The van der Waals surface area contributed by atoms with Gasteiger partial charge in [-0.05, 0) is 57.7 Å². The molecule has 0 aromatic carbocycles. The Balaban J connectivity index is 1.89. The summed E-state index contributed by atoms with van der Waals surface area (Å²) in [6.07, 6.45) is 11.3. The van der Waals surface area contributed by atoms with Gasteiger partial charge in [-0.2, -0.15) is 0 Å². The minimum Gasteiger partial charge on any atom is -0.330 e. The second-order valence-electron chi connectivity index (χ2n) is 5.29. The lowest BCUT2D eigenvalue weighted by Crippen LogP contribution is -2.39. The maximum Gasteiger partial charge on any atom is 0.0124 e. The van der Waals surface area contributed by atoms with E-state index in [9.17, 15) is 0 Å². The average Bonchev–Trinajstić information content (AvgIpc) is 2.53. The number of likely N-dealkylation sites (tertiary alicyclic amines) is 1. The van der Waals surface area contributed by atoms with Crippen LogP contribution >= 0.6 is 0 Å². The van der Waals surface area contributed by atoms with E-state index < -0.39 is 0 Å². The van der Waals surface area contributed by atoms with E-state index >= 15 is 0 Å². The Kier molecular flexibility index (Phi) is 4.45. The molecule has 1 saturated carbocycles. The van der Waals surface area contributed by atoms with Crippen molar-refractivity contribution in [1.29, 1.82) is 0 Å². The maximum absolute atomic E-state index is 5.71. The van der Waals surface area contributed by atoms with Gasteiger partial charge in [-0.15, -0.1) is 0 Å². The van der Waals surface area contributed by atoms with Crippen LogP contribution in [-0.2, 0) is 0 Å². The van der Waals surface area contributed by atoms with E-state index in [0.29, 0.717) is 0 Å². The highest BCUT2D eigenvalue weighted by atomic mass is 15.2. The first-order valence-corrected chi connectivity index (χ1v) is 6.86. The summed E-state index contributed by atoms with van der Waals surface area (Å²) in [5.74, 6) is 0.910. The molecule has 1 aliphatic heterocycles. The number of rotatable bonds is 3. The zero-order valence-electron chi connectivity index (χ0n) is 9.96. The summed E-state index contributed by atoms with van der Waals surface area (Å²) >= 11 is 0. The third kappa shape index (κ3) is 2.94. The molecule has 0 amide bonds. The number of hydrogen-bond donors (Lipinski definition) is 1. The molecule has 2 nitrogen and oxygen atoms in total. The fraction of sp³-hybridized carbons (Fsp3) is 1.00. The summed E-state index contributed by atoms with van der Waals surface area (Å²) in [6, 6.07) is 0.881. The van der Waals surface area contributed by atoms with Gasteiger partial charge in [0.1, 0.15) is 0 Å². The van der Waals surface area contributed by atoms with Gasteiger partial charge in [0.25, 0.3) is 0 Å². The van der Waals surface area contributed by atoms with Gasteiger partial charge in [0.15, 0.2) is 0 Å². The topological polar surface area (TPSA) is 29.3 Å². The molecule has 1 heterocycles. The van der Waals surface area contributed by atoms with Crippen LogP contribution in [0.15, 0.2) is 0 Å². The molecule has 2 heteroatoms. The lowest BCUT2D eigenvalue weighted by Gasteiger charge is -2.32. The van der Waals surface area contributed by atoms with E-state index in [-0.39, 0.29) is 0 Å². The maximum atomic E-state index is 5.71. The van der Waals surface area contributed by atoms with E-state index in [4.69, 9.17) is 5.73 Å². The third-order valence-electron chi connectivity index (χ3n) is 4.27. The fourth-order valence-electron chi connectivity index (χ4n) is 3.48. The van der Waals surface area contributed by atoms with E-state index in [2.05, 4.69) is 4.90 Å². The van der Waals surface area contributed by atoms with Gasteiger partial charge in [0, 0.05) is 6.04 Å². The lowest BCUT2D eigenvalue weighted by atomic mass is 9.98. The molecule has 0 aromatic rings. The first kappa shape index (κ1) is 11.4. The van der Waals surface area contributed by atoms with E-state index in [0.717, 1.165) is 18.5 Å². The van der Waals surface area contributed by atoms with Gasteiger partial charge < -0.3 is 10.6 Å².